The normalized spacial score (nSPS) is 10.9. The minimum absolute atomic E-state index is 0.569. The zero-order valence-corrected chi connectivity index (χ0v) is 8.33. The van der Waals surface area contributed by atoms with Crippen molar-refractivity contribution in [3.05, 3.63) is 22.5 Å². The average Bonchev–Trinajstić information content (AvgIpc) is 2.31. The van der Waals surface area contributed by atoms with E-state index in [-0.39, 0.29) is 0 Å². The number of aryl methyl sites for hydroxylation is 2. The minimum atomic E-state index is 0.569. The molecule has 0 atom stereocenters. The van der Waals surface area contributed by atoms with Gasteiger partial charge in [-0.15, -0.1) is 0 Å². The van der Waals surface area contributed by atoms with E-state index in [2.05, 4.69) is 9.36 Å². The van der Waals surface area contributed by atoms with Gasteiger partial charge >= 0.3 is 0 Å². The highest BCUT2D eigenvalue weighted by Gasteiger charge is 2.07. The predicted molar refractivity (Wildman–Crippen MR) is 51.9 cm³/mol. The fourth-order valence-electron chi connectivity index (χ4n) is 1.25. The first-order valence-electron chi connectivity index (χ1n) is 3.57. The summed E-state index contributed by atoms with van der Waals surface area (Å²) in [5, 5.41) is 1.56. The Hall–Kier alpha value is -0.670. The largest absolute Gasteiger partial charge is 0.241 e. The summed E-state index contributed by atoms with van der Waals surface area (Å²) in [5.74, 6) is 0. The third kappa shape index (κ3) is 1.09. The SMILES string of the molecule is Cc1cc(C)c2c(Cl)nsc2n1. The molecule has 0 aliphatic carbocycles. The van der Waals surface area contributed by atoms with Crippen molar-refractivity contribution in [2.45, 2.75) is 13.8 Å². The standard InChI is InChI=1S/C8H7ClN2S/c1-4-3-5(2)10-8-6(4)7(9)11-12-8/h3H,1-2H3. The van der Waals surface area contributed by atoms with Crippen molar-refractivity contribution >= 4 is 33.4 Å². The molecule has 4 heteroatoms. The topological polar surface area (TPSA) is 25.8 Å². The zero-order valence-electron chi connectivity index (χ0n) is 6.76. The number of hydrogen-bond donors (Lipinski definition) is 0. The summed E-state index contributed by atoms with van der Waals surface area (Å²) in [6.45, 7) is 4.00. The number of aromatic nitrogens is 2. The van der Waals surface area contributed by atoms with Crippen LogP contribution in [0.3, 0.4) is 0 Å². The van der Waals surface area contributed by atoms with Gasteiger partial charge in [-0.25, -0.2) is 4.98 Å². The molecule has 12 heavy (non-hydrogen) atoms. The molecule has 0 N–H and O–H groups in total. The van der Waals surface area contributed by atoms with Gasteiger partial charge in [-0.05, 0) is 37.0 Å². The van der Waals surface area contributed by atoms with Crippen LogP contribution in [0, 0.1) is 13.8 Å². The van der Waals surface area contributed by atoms with Crippen molar-refractivity contribution in [1.29, 1.82) is 0 Å². The van der Waals surface area contributed by atoms with Crippen LogP contribution < -0.4 is 0 Å². The van der Waals surface area contributed by atoms with Crippen molar-refractivity contribution < 1.29 is 0 Å². The van der Waals surface area contributed by atoms with Crippen LogP contribution in [0.25, 0.3) is 10.2 Å². The maximum absolute atomic E-state index is 5.89. The molecule has 0 bridgehead atoms. The molecule has 0 spiro atoms. The Kier molecular flexibility index (Phi) is 1.77. The first-order valence-corrected chi connectivity index (χ1v) is 4.73. The number of hydrogen-bond acceptors (Lipinski definition) is 3. The summed E-state index contributed by atoms with van der Waals surface area (Å²) >= 11 is 7.24. The average molecular weight is 199 g/mol. The van der Waals surface area contributed by atoms with Gasteiger partial charge in [0.2, 0.25) is 0 Å². The quantitative estimate of drug-likeness (QED) is 0.651. The lowest BCUT2D eigenvalue weighted by Gasteiger charge is -1.96. The van der Waals surface area contributed by atoms with Crippen LogP contribution in [0.2, 0.25) is 5.15 Å². The molecule has 0 unspecified atom stereocenters. The number of fused-ring (bicyclic) bond motifs is 1. The van der Waals surface area contributed by atoms with E-state index in [0.29, 0.717) is 5.15 Å². The van der Waals surface area contributed by atoms with Gasteiger partial charge in [0.25, 0.3) is 0 Å². The summed E-state index contributed by atoms with van der Waals surface area (Å²) in [7, 11) is 0. The molecule has 0 saturated heterocycles. The van der Waals surface area contributed by atoms with Gasteiger partial charge in [0.15, 0.2) is 5.15 Å². The monoisotopic (exact) mass is 198 g/mol. The fourth-order valence-corrected chi connectivity index (χ4v) is 2.44. The summed E-state index contributed by atoms with van der Waals surface area (Å²) in [6, 6.07) is 2.02. The first kappa shape index (κ1) is 7.95. The molecular weight excluding hydrogens is 192 g/mol. The molecule has 2 aromatic heterocycles. The van der Waals surface area contributed by atoms with Crippen molar-refractivity contribution in [3.63, 3.8) is 0 Å². The van der Waals surface area contributed by atoms with Crippen molar-refractivity contribution in [3.8, 4) is 0 Å². The molecule has 2 nitrogen and oxygen atoms in total. The van der Waals surface area contributed by atoms with Gasteiger partial charge in [-0.3, -0.25) is 0 Å². The van der Waals surface area contributed by atoms with E-state index >= 15 is 0 Å². The van der Waals surface area contributed by atoms with Crippen molar-refractivity contribution in [2.24, 2.45) is 0 Å². The highest BCUT2D eigenvalue weighted by atomic mass is 35.5. The Morgan fingerprint density at radius 3 is 2.92 bits per heavy atom. The molecule has 0 fully saturated rings. The van der Waals surface area contributed by atoms with E-state index in [1.165, 1.54) is 11.5 Å². The van der Waals surface area contributed by atoms with Gasteiger partial charge in [0.1, 0.15) is 4.83 Å². The van der Waals surface area contributed by atoms with Crippen LogP contribution in [0.4, 0.5) is 0 Å². The van der Waals surface area contributed by atoms with Gasteiger partial charge < -0.3 is 0 Å². The molecule has 0 aromatic carbocycles. The van der Waals surface area contributed by atoms with Gasteiger partial charge in [-0.2, -0.15) is 4.37 Å². The number of nitrogens with zero attached hydrogens (tertiary/aromatic N) is 2. The maximum Gasteiger partial charge on any atom is 0.152 e. The Bertz CT molecular complexity index is 436. The lowest BCUT2D eigenvalue weighted by Crippen LogP contribution is -1.82. The van der Waals surface area contributed by atoms with E-state index in [9.17, 15) is 0 Å². The third-order valence-electron chi connectivity index (χ3n) is 1.73. The molecule has 0 aliphatic heterocycles. The summed E-state index contributed by atoms with van der Waals surface area (Å²) in [4.78, 5) is 5.26. The Balaban J connectivity index is 2.93. The zero-order chi connectivity index (χ0) is 8.72. The molecule has 62 valence electrons. The molecule has 0 radical (unpaired) electrons. The Morgan fingerprint density at radius 2 is 2.17 bits per heavy atom. The van der Waals surface area contributed by atoms with Crippen LogP contribution in [0.15, 0.2) is 6.07 Å². The smallest absolute Gasteiger partial charge is 0.152 e. The highest BCUT2D eigenvalue weighted by Crippen LogP contribution is 2.27. The molecule has 0 aliphatic rings. The number of rotatable bonds is 0. The van der Waals surface area contributed by atoms with Gasteiger partial charge in [0.05, 0.1) is 5.39 Å². The second kappa shape index (κ2) is 2.68. The Labute approximate surface area is 79.4 Å². The van der Waals surface area contributed by atoms with Crippen molar-refractivity contribution in [1.82, 2.24) is 9.36 Å². The molecule has 0 amide bonds. The minimum Gasteiger partial charge on any atom is -0.241 e. The molecular formula is C8H7ClN2S. The first-order chi connectivity index (χ1) is 5.68. The number of halogens is 1. The fraction of sp³-hybridized carbons (Fsp3) is 0.250. The second-order valence-corrected chi connectivity index (χ2v) is 3.84. The van der Waals surface area contributed by atoms with Crippen LogP contribution >= 0.6 is 23.1 Å². The van der Waals surface area contributed by atoms with Crippen LogP contribution in [0.5, 0.6) is 0 Å². The van der Waals surface area contributed by atoms with E-state index in [4.69, 9.17) is 11.6 Å². The molecule has 2 aromatic rings. The van der Waals surface area contributed by atoms with E-state index < -0.39 is 0 Å². The Morgan fingerprint density at radius 1 is 1.42 bits per heavy atom. The van der Waals surface area contributed by atoms with E-state index in [1.54, 1.807) is 0 Å². The van der Waals surface area contributed by atoms with Crippen LogP contribution in [0.1, 0.15) is 11.3 Å². The third-order valence-corrected chi connectivity index (χ3v) is 2.85. The maximum atomic E-state index is 5.89. The van der Waals surface area contributed by atoms with Crippen molar-refractivity contribution in [2.75, 3.05) is 0 Å². The van der Waals surface area contributed by atoms with Crippen LogP contribution in [-0.2, 0) is 0 Å². The van der Waals surface area contributed by atoms with Crippen LogP contribution in [-0.4, -0.2) is 9.36 Å². The summed E-state index contributed by atoms with van der Waals surface area (Å²) < 4.78 is 4.04. The van der Waals surface area contributed by atoms with Gasteiger partial charge in [0, 0.05) is 5.69 Å². The molecule has 2 rings (SSSR count). The summed E-state index contributed by atoms with van der Waals surface area (Å²) in [6.07, 6.45) is 0. The summed E-state index contributed by atoms with van der Waals surface area (Å²) in [5.41, 5.74) is 2.16. The highest BCUT2D eigenvalue weighted by molar-refractivity contribution is 7.13. The predicted octanol–water partition coefficient (Wildman–Crippen LogP) is 2.96. The number of pyridine rings is 1. The lowest BCUT2D eigenvalue weighted by atomic mass is 10.2. The van der Waals surface area contributed by atoms with E-state index in [0.717, 1.165) is 21.5 Å². The van der Waals surface area contributed by atoms with E-state index in [1.807, 2.05) is 19.9 Å². The molecule has 0 saturated carbocycles. The lowest BCUT2D eigenvalue weighted by molar-refractivity contribution is 1.25. The second-order valence-electron chi connectivity index (χ2n) is 2.73. The molecule has 2 heterocycles. The van der Waals surface area contributed by atoms with Gasteiger partial charge in [-0.1, -0.05) is 11.6 Å².